The van der Waals surface area contributed by atoms with Crippen molar-refractivity contribution in [2.24, 2.45) is 0 Å². The molecule has 32 heavy (non-hydrogen) atoms. The minimum atomic E-state index is -0.672. The Labute approximate surface area is 187 Å². The van der Waals surface area contributed by atoms with Gasteiger partial charge in [0.15, 0.2) is 5.75 Å². The minimum Gasteiger partial charge on any atom is -0.505 e. The van der Waals surface area contributed by atoms with Crippen molar-refractivity contribution < 1.29 is 19.4 Å². The number of aromatic nitrogens is 3. The second kappa shape index (κ2) is 9.40. The Hall–Kier alpha value is -4.05. The Kier molecular flexibility index (Phi) is 6.22. The van der Waals surface area contributed by atoms with Crippen LogP contribution in [0.5, 0.6) is 5.75 Å². The van der Waals surface area contributed by atoms with Gasteiger partial charge in [0, 0.05) is 18.0 Å². The molecule has 3 N–H and O–H groups in total. The first kappa shape index (κ1) is 21.2. The molecule has 2 heterocycles. The molecule has 0 saturated carbocycles. The number of nitrogens with zero attached hydrogens (tertiary/aromatic N) is 3. The van der Waals surface area contributed by atoms with Crippen molar-refractivity contribution in [3.05, 3.63) is 71.9 Å². The molecular weight excluding hydrogens is 430 g/mol. The topological polar surface area (TPSA) is 126 Å². The lowest BCUT2D eigenvalue weighted by Gasteiger charge is -2.15. The molecule has 162 valence electrons. The molecular formula is C22H19N5O4S. The molecule has 1 unspecified atom stereocenters. The summed E-state index contributed by atoms with van der Waals surface area (Å²) < 4.78 is 4.89. The molecule has 1 amide bonds. The monoisotopic (exact) mass is 449 g/mol. The van der Waals surface area contributed by atoms with E-state index in [0.29, 0.717) is 17.1 Å². The lowest BCUT2D eigenvalue weighted by molar-refractivity contribution is -0.141. The quantitative estimate of drug-likeness (QED) is 0.367. The van der Waals surface area contributed by atoms with Crippen LogP contribution in [0.1, 0.15) is 15.9 Å². The Balaban J connectivity index is 1.47. The lowest BCUT2D eigenvalue weighted by Crippen LogP contribution is -2.32. The number of amides is 1. The van der Waals surface area contributed by atoms with Crippen LogP contribution in [0.4, 0.5) is 10.3 Å². The number of methoxy groups -OCH3 is 1. The summed E-state index contributed by atoms with van der Waals surface area (Å²) in [7, 11) is 1.32. The summed E-state index contributed by atoms with van der Waals surface area (Å²) in [6.07, 6.45) is 1.94. The summed E-state index contributed by atoms with van der Waals surface area (Å²) in [6, 6.07) is 15.6. The largest absolute Gasteiger partial charge is 0.505 e. The van der Waals surface area contributed by atoms with Crippen LogP contribution in [0, 0.1) is 0 Å². The van der Waals surface area contributed by atoms with Crippen molar-refractivity contribution in [2.45, 2.75) is 12.5 Å². The fourth-order valence-electron chi connectivity index (χ4n) is 3.14. The van der Waals surface area contributed by atoms with Gasteiger partial charge in [0.05, 0.1) is 12.7 Å². The molecule has 2 aromatic carbocycles. The van der Waals surface area contributed by atoms with Gasteiger partial charge in [0.1, 0.15) is 11.6 Å². The summed E-state index contributed by atoms with van der Waals surface area (Å²) >= 11 is 1.06. The smallest absolute Gasteiger partial charge is 0.328 e. The molecule has 0 bridgehead atoms. The van der Waals surface area contributed by atoms with Crippen molar-refractivity contribution in [3.63, 3.8) is 0 Å². The zero-order valence-electron chi connectivity index (χ0n) is 17.0. The van der Waals surface area contributed by atoms with Crippen LogP contribution < -0.4 is 10.6 Å². The van der Waals surface area contributed by atoms with Crippen LogP contribution >= 0.6 is 11.3 Å². The molecule has 10 heteroatoms. The lowest BCUT2D eigenvalue weighted by atomic mass is 10.1. The van der Waals surface area contributed by atoms with E-state index < -0.39 is 17.9 Å². The molecule has 0 radical (unpaired) electrons. The third-order valence-corrected chi connectivity index (χ3v) is 5.47. The standard InChI is InChI=1S/C22H19N5O4S/c1-31-20(30)16(12-13-6-3-2-4-7-13)24-21-26-27-22(32-21)25-19(29)15-10-9-14-8-5-11-23-17(14)18(15)28/h2-11,16,28H,12H2,1H3,(H,24,26)(H,25,27,29). The van der Waals surface area contributed by atoms with Gasteiger partial charge in [-0.25, -0.2) is 4.79 Å². The first-order valence-corrected chi connectivity index (χ1v) is 10.5. The molecule has 4 aromatic rings. The highest BCUT2D eigenvalue weighted by Crippen LogP contribution is 2.28. The third-order valence-electron chi connectivity index (χ3n) is 4.70. The SMILES string of the molecule is COC(=O)C(Cc1ccccc1)Nc1nnc(NC(=O)c2ccc3cccnc3c2O)s1. The molecule has 9 nitrogen and oxygen atoms in total. The van der Waals surface area contributed by atoms with E-state index in [9.17, 15) is 14.7 Å². The first-order valence-electron chi connectivity index (χ1n) is 9.65. The van der Waals surface area contributed by atoms with E-state index in [0.717, 1.165) is 22.3 Å². The average Bonchev–Trinajstić information content (AvgIpc) is 3.25. The van der Waals surface area contributed by atoms with Crippen molar-refractivity contribution in [1.29, 1.82) is 0 Å². The van der Waals surface area contributed by atoms with Crippen LogP contribution in [0.3, 0.4) is 0 Å². The Morgan fingerprint density at radius 3 is 2.62 bits per heavy atom. The van der Waals surface area contributed by atoms with Gasteiger partial charge in [-0.2, -0.15) is 0 Å². The Morgan fingerprint density at radius 1 is 1.06 bits per heavy atom. The number of carbonyl (C=O) groups excluding carboxylic acids is 2. The predicted octanol–water partition coefficient (Wildman–Crippen LogP) is 3.24. The van der Waals surface area contributed by atoms with Crippen molar-refractivity contribution in [1.82, 2.24) is 15.2 Å². The number of phenolic OH excluding ortho intramolecular Hbond substituents is 1. The highest BCUT2D eigenvalue weighted by molar-refractivity contribution is 7.19. The number of nitrogens with one attached hydrogen (secondary N) is 2. The summed E-state index contributed by atoms with van der Waals surface area (Å²) in [5.41, 5.74) is 1.35. The van der Waals surface area contributed by atoms with E-state index in [1.54, 1.807) is 24.4 Å². The maximum Gasteiger partial charge on any atom is 0.328 e. The first-order chi connectivity index (χ1) is 15.5. The molecule has 0 saturated heterocycles. The third kappa shape index (κ3) is 4.65. The van der Waals surface area contributed by atoms with Crippen LogP contribution in [-0.2, 0) is 16.0 Å². The van der Waals surface area contributed by atoms with E-state index in [1.807, 2.05) is 30.3 Å². The number of hydrogen-bond donors (Lipinski definition) is 3. The fraction of sp³-hybridized carbons (Fsp3) is 0.136. The van der Waals surface area contributed by atoms with Crippen LogP contribution in [0.15, 0.2) is 60.8 Å². The number of esters is 1. The Bertz CT molecular complexity index is 1260. The van der Waals surface area contributed by atoms with Crippen molar-refractivity contribution in [2.75, 3.05) is 17.7 Å². The number of hydrogen-bond acceptors (Lipinski definition) is 9. The highest BCUT2D eigenvalue weighted by Gasteiger charge is 2.22. The van der Waals surface area contributed by atoms with Gasteiger partial charge >= 0.3 is 5.97 Å². The van der Waals surface area contributed by atoms with Crippen LogP contribution in [0.2, 0.25) is 0 Å². The maximum absolute atomic E-state index is 12.7. The Morgan fingerprint density at radius 2 is 1.84 bits per heavy atom. The van der Waals surface area contributed by atoms with Crippen LogP contribution in [-0.4, -0.2) is 45.3 Å². The maximum atomic E-state index is 12.7. The summed E-state index contributed by atoms with van der Waals surface area (Å²) in [6.45, 7) is 0. The number of rotatable bonds is 7. The molecule has 0 spiro atoms. The zero-order chi connectivity index (χ0) is 22.5. The molecule has 0 aliphatic heterocycles. The van der Waals surface area contributed by atoms with E-state index in [1.165, 1.54) is 13.2 Å². The second-order valence-electron chi connectivity index (χ2n) is 6.81. The highest BCUT2D eigenvalue weighted by atomic mass is 32.1. The molecule has 2 aromatic heterocycles. The number of aromatic hydroxyl groups is 1. The summed E-state index contributed by atoms with van der Waals surface area (Å²) in [4.78, 5) is 29.0. The molecule has 0 aliphatic rings. The van der Waals surface area contributed by atoms with E-state index in [-0.39, 0.29) is 16.4 Å². The molecule has 1 atom stereocenters. The van der Waals surface area contributed by atoms with Gasteiger partial charge in [-0.05, 0) is 17.7 Å². The number of ether oxygens (including phenoxy) is 1. The average molecular weight is 449 g/mol. The number of anilines is 2. The minimum absolute atomic E-state index is 0.0671. The number of carbonyl (C=O) groups is 2. The van der Waals surface area contributed by atoms with E-state index in [2.05, 4.69) is 25.8 Å². The number of fused-ring (bicyclic) bond motifs is 1. The van der Waals surface area contributed by atoms with Gasteiger partial charge in [0.2, 0.25) is 10.3 Å². The number of benzene rings is 2. The fourth-order valence-corrected chi connectivity index (χ4v) is 3.84. The van der Waals surface area contributed by atoms with Crippen molar-refractivity contribution in [3.8, 4) is 5.75 Å². The van der Waals surface area contributed by atoms with E-state index >= 15 is 0 Å². The van der Waals surface area contributed by atoms with Gasteiger partial charge < -0.3 is 15.2 Å². The molecule has 0 aliphatic carbocycles. The normalized spacial score (nSPS) is 11.7. The molecule has 4 rings (SSSR count). The predicted molar refractivity (Wildman–Crippen MR) is 121 cm³/mol. The van der Waals surface area contributed by atoms with Gasteiger partial charge in [-0.1, -0.05) is 53.8 Å². The van der Waals surface area contributed by atoms with E-state index in [4.69, 9.17) is 4.74 Å². The summed E-state index contributed by atoms with van der Waals surface area (Å²) in [5.74, 6) is -1.20. The zero-order valence-corrected chi connectivity index (χ0v) is 17.8. The number of phenols is 1. The van der Waals surface area contributed by atoms with Crippen molar-refractivity contribution >= 4 is 44.4 Å². The van der Waals surface area contributed by atoms with Gasteiger partial charge in [-0.15, -0.1) is 10.2 Å². The summed E-state index contributed by atoms with van der Waals surface area (Å²) in [5, 5.41) is 25.3. The van der Waals surface area contributed by atoms with Gasteiger partial charge in [-0.3, -0.25) is 15.1 Å². The van der Waals surface area contributed by atoms with Crippen LogP contribution in [0.25, 0.3) is 10.9 Å². The van der Waals surface area contributed by atoms with Gasteiger partial charge in [0.25, 0.3) is 5.91 Å². The second-order valence-corrected chi connectivity index (χ2v) is 7.79. The number of pyridine rings is 1. The molecule has 0 fully saturated rings.